The molecule has 3 atom stereocenters. The Bertz CT molecular complexity index is 1020. The Kier molecular flexibility index (Phi) is 6.12. The molecule has 2 aromatic carbocycles. The molecule has 5 heteroatoms. The molecule has 1 aliphatic rings. The van der Waals surface area contributed by atoms with Gasteiger partial charge in [0.1, 0.15) is 5.03 Å². The first-order valence-corrected chi connectivity index (χ1v) is 11.3. The van der Waals surface area contributed by atoms with Crippen molar-refractivity contribution in [2.75, 3.05) is 0 Å². The number of para-hydroxylation sites is 1. The lowest BCUT2D eigenvalue weighted by atomic mass is 9.78. The first-order valence-electron chi connectivity index (χ1n) is 10.2. The van der Waals surface area contributed by atoms with E-state index in [-0.39, 0.29) is 11.9 Å². The van der Waals surface area contributed by atoms with E-state index in [1.165, 1.54) is 24.6 Å². The highest BCUT2D eigenvalue weighted by molar-refractivity contribution is 7.99. The molecule has 1 aliphatic carbocycles. The van der Waals surface area contributed by atoms with E-state index < -0.39 is 0 Å². The van der Waals surface area contributed by atoms with E-state index in [1.807, 2.05) is 54.6 Å². The van der Waals surface area contributed by atoms with Crippen molar-refractivity contribution in [1.82, 2.24) is 10.3 Å². The van der Waals surface area contributed by atoms with Crippen LogP contribution in [0.4, 0.5) is 0 Å². The summed E-state index contributed by atoms with van der Waals surface area (Å²) in [6.07, 6.45) is 3.46. The van der Waals surface area contributed by atoms with Gasteiger partial charge in [0.05, 0.1) is 11.1 Å². The van der Waals surface area contributed by atoms with Crippen LogP contribution >= 0.6 is 23.4 Å². The molecule has 3 aromatic rings. The van der Waals surface area contributed by atoms with E-state index in [0.717, 1.165) is 27.2 Å². The van der Waals surface area contributed by atoms with E-state index >= 15 is 0 Å². The van der Waals surface area contributed by atoms with E-state index in [9.17, 15) is 4.79 Å². The van der Waals surface area contributed by atoms with Crippen molar-refractivity contribution >= 4 is 40.2 Å². The zero-order valence-corrected chi connectivity index (χ0v) is 18.3. The minimum absolute atomic E-state index is 0.00694. The number of aromatic nitrogens is 1. The number of hydrogen-bond donors (Lipinski definition) is 1. The quantitative estimate of drug-likeness (QED) is 0.513. The number of benzene rings is 2. The third-order valence-corrected chi connectivity index (χ3v) is 7.17. The van der Waals surface area contributed by atoms with Gasteiger partial charge in [-0.2, -0.15) is 0 Å². The topological polar surface area (TPSA) is 42.0 Å². The van der Waals surface area contributed by atoms with Crippen LogP contribution in [0.15, 0.2) is 64.5 Å². The number of rotatable bonds is 4. The Morgan fingerprint density at radius 1 is 1.10 bits per heavy atom. The van der Waals surface area contributed by atoms with Gasteiger partial charge in [-0.1, -0.05) is 68.3 Å². The summed E-state index contributed by atoms with van der Waals surface area (Å²) in [7, 11) is 0. The molecule has 0 aliphatic heterocycles. The molecule has 3 nitrogen and oxygen atoms in total. The predicted molar refractivity (Wildman–Crippen MR) is 121 cm³/mol. The molecule has 0 spiro atoms. The Morgan fingerprint density at radius 3 is 2.66 bits per heavy atom. The molecule has 1 fully saturated rings. The number of carbonyl (C=O) groups is 1. The molecule has 1 aromatic heterocycles. The molecule has 1 saturated carbocycles. The van der Waals surface area contributed by atoms with Crippen LogP contribution in [-0.2, 0) is 0 Å². The van der Waals surface area contributed by atoms with E-state index in [0.29, 0.717) is 22.4 Å². The first-order chi connectivity index (χ1) is 14.0. The summed E-state index contributed by atoms with van der Waals surface area (Å²) in [5, 5.41) is 5.72. The van der Waals surface area contributed by atoms with E-state index in [4.69, 9.17) is 16.6 Å². The zero-order valence-electron chi connectivity index (χ0n) is 16.7. The molecule has 150 valence electrons. The Labute approximate surface area is 181 Å². The summed E-state index contributed by atoms with van der Waals surface area (Å²) >= 11 is 7.54. The second kappa shape index (κ2) is 8.76. The van der Waals surface area contributed by atoms with Gasteiger partial charge in [-0.15, -0.1) is 0 Å². The van der Waals surface area contributed by atoms with Gasteiger partial charge in [0.15, 0.2) is 0 Å². The summed E-state index contributed by atoms with van der Waals surface area (Å²) in [6.45, 7) is 4.53. The van der Waals surface area contributed by atoms with Gasteiger partial charge in [0, 0.05) is 21.3 Å². The average Bonchev–Trinajstić information content (AvgIpc) is 2.72. The molecule has 1 N–H and O–H groups in total. The number of hydrogen-bond acceptors (Lipinski definition) is 3. The Hall–Kier alpha value is -2.04. The number of amides is 1. The van der Waals surface area contributed by atoms with Gasteiger partial charge < -0.3 is 5.32 Å². The number of pyridine rings is 1. The van der Waals surface area contributed by atoms with Crippen molar-refractivity contribution in [2.45, 2.75) is 49.1 Å². The van der Waals surface area contributed by atoms with Gasteiger partial charge in [-0.25, -0.2) is 4.98 Å². The lowest BCUT2D eigenvalue weighted by molar-refractivity contribution is 0.0892. The van der Waals surface area contributed by atoms with Gasteiger partial charge in [0.25, 0.3) is 5.91 Å². The van der Waals surface area contributed by atoms with Crippen LogP contribution in [0.25, 0.3) is 10.9 Å². The fraction of sp³-hybridized carbons (Fsp3) is 0.333. The van der Waals surface area contributed by atoms with Crippen molar-refractivity contribution in [1.29, 1.82) is 0 Å². The molecule has 4 rings (SSSR count). The molecular weight excluding hydrogens is 400 g/mol. The molecule has 0 bridgehead atoms. The summed E-state index contributed by atoms with van der Waals surface area (Å²) in [5.41, 5.74) is 1.53. The normalized spacial score (nSPS) is 21.8. The molecule has 1 heterocycles. The molecule has 0 radical (unpaired) electrons. The van der Waals surface area contributed by atoms with Gasteiger partial charge in [-0.3, -0.25) is 4.79 Å². The third kappa shape index (κ3) is 4.59. The molecule has 1 amide bonds. The summed E-state index contributed by atoms with van der Waals surface area (Å²) in [4.78, 5) is 19.1. The average molecular weight is 425 g/mol. The fourth-order valence-corrected chi connectivity index (χ4v) is 5.01. The zero-order chi connectivity index (χ0) is 20.4. The maximum atomic E-state index is 13.3. The van der Waals surface area contributed by atoms with Crippen LogP contribution in [0, 0.1) is 11.8 Å². The summed E-state index contributed by atoms with van der Waals surface area (Å²) in [5.74, 6) is 1.12. The lowest BCUT2D eigenvalue weighted by Gasteiger charge is -2.34. The van der Waals surface area contributed by atoms with Crippen molar-refractivity contribution in [3.8, 4) is 0 Å². The third-order valence-electron chi connectivity index (χ3n) is 6.00. The van der Waals surface area contributed by atoms with Crippen LogP contribution in [0.2, 0.25) is 5.02 Å². The highest BCUT2D eigenvalue weighted by atomic mass is 35.5. The smallest absolute Gasteiger partial charge is 0.252 e. The van der Waals surface area contributed by atoms with Crippen LogP contribution < -0.4 is 5.32 Å². The SMILES string of the molecule is C[C@@H]1[C@H](C)CCC[C@H]1NC(=O)c1cc(Sc2ccc(Cl)cc2)nc2ccccc12. The second-order valence-corrected chi connectivity index (χ2v) is 9.46. The Balaban J connectivity index is 1.65. The van der Waals surface area contributed by atoms with E-state index in [1.54, 1.807) is 0 Å². The molecular formula is C24H25ClN2OS. The van der Waals surface area contributed by atoms with Crippen molar-refractivity contribution in [3.05, 3.63) is 65.2 Å². The number of carbonyl (C=O) groups excluding carboxylic acids is 1. The highest BCUT2D eigenvalue weighted by Crippen LogP contribution is 2.32. The number of nitrogens with zero attached hydrogens (tertiary/aromatic N) is 1. The fourth-order valence-electron chi connectivity index (χ4n) is 4.05. The second-order valence-electron chi connectivity index (χ2n) is 7.93. The monoisotopic (exact) mass is 424 g/mol. The molecule has 0 unspecified atom stereocenters. The maximum Gasteiger partial charge on any atom is 0.252 e. The van der Waals surface area contributed by atoms with Crippen LogP contribution in [-0.4, -0.2) is 16.9 Å². The maximum absolute atomic E-state index is 13.3. The number of nitrogens with one attached hydrogen (secondary N) is 1. The minimum atomic E-state index is -0.00694. The van der Waals surface area contributed by atoms with Crippen LogP contribution in [0.3, 0.4) is 0 Å². The Morgan fingerprint density at radius 2 is 1.86 bits per heavy atom. The van der Waals surface area contributed by atoms with Gasteiger partial charge in [-0.05, 0) is 54.7 Å². The van der Waals surface area contributed by atoms with E-state index in [2.05, 4.69) is 19.2 Å². The van der Waals surface area contributed by atoms with Crippen LogP contribution in [0.1, 0.15) is 43.5 Å². The predicted octanol–water partition coefficient (Wildman–Crippen LogP) is 6.59. The minimum Gasteiger partial charge on any atom is -0.349 e. The van der Waals surface area contributed by atoms with Gasteiger partial charge >= 0.3 is 0 Å². The van der Waals surface area contributed by atoms with Crippen LogP contribution in [0.5, 0.6) is 0 Å². The summed E-state index contributed by atoms with van der Waals surface area (Å²) < 4.78 is 0. The standard InChI is InChI=1S/C24H25ClN2OS/c1-15-6-5-9-21(16(15)2)27-24(28)20-14-23(26-22-8-4-3-7-19(20)22)29-18-12-10-17(25)11-13-18/h3-4,7-8,10-16,21H,5-6,9H2,1-2H3,(H,27,28)/t15-,16-,21-/m1/s1. The van der Waals surface area contributed by atoms with Crippen molar-refractivity contribution in [3.63, 3.8) is 0 Å². The van der Waals surface area contributed by atoms with Gasteiger partial charge in [0.2, 0.25) is 0 Å². The highest BCUT2D eigenvalue weighted by Gasteiger charge is 2.29. The molecule has 29 heavy (non-hydrogen) atoms. The summed E-state index contributed by atoms with van der Waals surface area (Å²) in [6, 6.07) is 17.7. The number of halogens is 1. The molecule has 0 saturated heterocycles. The first kappa shape index (κ1) is 20.2. The lowest BCUT2D eigenvalue weighted by Crippen LogP contribution is -2.43. The largest absolute Gasteiger partial charge is 0.349 e. The van der Waals surface area contributed by atoms with Crippen molar-refractivity contribution in [2.24, 2.45) is 11.8 Å². The van der Waals surface area contributed by atoms with Crippen molar-refractivity contribution < 1.29 is 4.79 Å². The number of fused-ring (bicyclic) bond motifs is 1.